The molecule has 0 bridgehead atoms. The minimum absolute atomic E-state index is 0.309. The van der Waals surface area contributed by atoms with Gasteiger partial charge in [0.1, 0.15) is 0 Å². The predicted molar refractivity (Wildman–Crippen MR) is 112 cm³/mol. The van der Waals surface area contributed by atoms with Crippen molar-refractivity contribution in [3.8, 4) is 0 Å². The third kappa shape index (κ3) is 5.02. The minimum Gasteiger partial charge on any atom is -0.368 e. The number of carbonyl (C=O) groups is 1. The van der Waals surface area contributed by atoms with Crippen LogP contribution >= 0.6 is 0 Å². The van der Waals surface area contributed by atoms with Crippen LogP contribution in [0.5, 0.6) is 0 Å². The highest BCUT2D eigenvalue weighted by Gasteiger charge is 2.35. The van der Waals surface area contributed by atoms with E-state index in [0.717, 1.165) is 65.4 Å². The number of anilines is 1. The molecule has 0 saturated carbocycles. The van der Waals surface area contributed by atoms with Crippen LogP contribution in [0.15, 0.2) is 24.3 Å². The fourth-order valence-corrected chi connectivity index (χ4v) is 4.24. The highest BCUT2D eigenvalue weighted by Crippen LogP contribution is 2.24. The van der Waals surface area contributed by atoms with Crippen LogP contribution in [0.2, 0.25) is 0 Å². The van der Waals surface area contributed by atoms with Crippen molar-refractivity contribution < 1.29 is 4.79 Å². The lowest BCUT2D eigenvalue weighted by Crippen LogP contribution is -2.56. The third-order valence-electron chi connectivity index (χ3n) is 6.08. The lowest BCUT2D eigenvalue weighted by atomic mass is 9.90. The quantitative estimate of drug-likeness (QED) is 0.793. The molecule has 1 aromatic rings. The Morgan fingerprint density at radius 1 is 0.889 bits per heavy atom. The molecule has 5 nitrogen and oxygen atoms in total. The van der Waals surface area contributed by atoms with Gasteiger partial charge in [-0.3, -0.25) is 9.69 Å². The van der Waals surface area contributed by atoms with E-state index in [1.54, 1.807) is 0 Å². The van der Waals surface area contributed by atoms with Gasteiger partial charge < -0.3 is 14.7 Å². The van der Waals surface area contributed by atoms with Crippen LogP contribution in [0.25, 0.3) is 0 Å². The highest BCUT2D eigenvalue weighted by molar-refractivity contribution is 5.82. The number of nitrogens with zero attached hydrogens (tertiary/aromatic N) is 4. The fraction of sp³-hybridized carbons (Fsp3) is 0.682. The Labute approximate surface area is 164 Å². The summed E-state index contributed by atoms with van der Waals surface area (Å²) in [5.74, 6) is 0.309. The normalized spacial score (nSPS) is 20.1. The van der Waals surface area contributed by atoms with E-state index >= 15 is 0 Å². The summed E-state index contributed by atoms with van der Waals surface area (Å²) in [4.78, 5) is 22.6. The zero-order valence-electron chi connectivity index (χ0n) is 17.6. The Hall–Kier alpha value is -1.59. The van der Waals surface area contributed by atoms with Gasteiger partial charge in [0, 0.05) is 64.6 Å². The second kappa shape index (κ2) is 8.61. The van der Waals surface area contributed by atoms with Crippen molar-refractivity contribution in [2.45, 2.75) is 27.7 Å². The average molecular weight is 373 g/mol. The second-order valence-corrected chi connectivity index (χ2v) is 8.71. The summed E-state index contributed by atoms with van der Waals surface area (Å²) >= 11 is 0. The van der Waals surface area contributed by atoms with Crippen molar-refractivity contribution in [3.05, 3.63) is 29.8 Å². The number of aryl methyl sites for hydroxylation is 1. The van der Waals surface area contributed by atoms with Crippen LogP contribution in [-0.4, -0.2) is 86.1 Å². The molecule has 0 N–H and O–H groups in total. The number of likely N-dealkylation sites (N-methyl/N-ethyl adjacent to an activating group) is 1. The van der Waals surface area contributed by atoms with Crippen molar-refractivity contribution in [1.82, 2.24) is 14.7 Å². The second-order valence-electron chi connectivity index (χ2n) is 8.71. The molecule has 0 radical (unpaired) electrons. The number of rotatable bonds is 5. The molecule has 2 aliphatic rings. The molecule has 150 valence electrons. The largest absolute Gasteiger partial charge is 0.368 e. The Balaban J connectivity index is 1.51. The van der Waals surface area contributed by atoms with E-state index in [1.807, 2.05) is 0 Å². The van der Waals surface area contributed by atoms with Gasteiger partial charge in [0.05, 0.1) is 5.41 Å². The van der Waals surface area contributed by atoms with Gasteiger partial charge in [-0.1, -0.05) is 24.6 Å². The van der Waals surface area contributed by atoms with Gasteiger partial charge in [0.2, 0.25) is 5.91 Å². The fourth-order valence-electron chi connectivity index (χ4n) is 4.24. The molecule has 5 heteroatoms. The van der Waals surface area contributed by atoms with E-state index in [-0.39, 0.29) is 5.41 Å². The number of amides is 1. The molecule has 2 fully saturated rings. The molecule has 1 aromatic carbocycles. The highest BCUT2D eigenvalue weighted by atomic mass is 16.2. The van der Waals surface area contributed by atoms with Crippen molar-refractivity contribution >= 4 is 11.6 Å². The molecule has 0 spiro atoms. The molecular weight excluding hydrogens is 336 g/mol. The third-order valence-corrected chi connectivity index (χ3v) is 6.08. The van der Waals surface area contributed by atoms with Crippen molar-refractivity contribution in [1.29, 1.82) is 0 Å². The standard InChI is InChI=1S/C22H36N4O/c1-5-23-10-12-24(13-11-23)18-22(3,4)21(27)26-16-14-25(15-17-26)20-8-6-19(2)7-9-20/h6-9H,5,10-18H2,1-4H3. The first kappa shape index (κ1) is 20.2. The molecule has 0 aromatic heterocycles. The van der Waals surface area contributed by atoms with Gasteiger partial charge in [0.25, 0.3) is 0 Å². The van der Waals surface area contributed by atoms with Crippen LogP contribution in [0.3, 0.4) is 0 Å². The van der Waals surface area contributed by atoms with Crippen molar-refractivity contribution in [2.75, 3.05) is 70.3 Å². The smallest absolute Gasteiger partial charge is 0.229 e. The Bertz CT molecular complexity index is 612. The summed E-state index contributed by atoms with van der Waals surface area (Å²) in [5, 5.41) is 0. The predicted octanol–water partition coefficient (Wildman–Crippen LogP) is 2.31. The molecule has 1 amide bonds. The Kier molecular flexibility index (Phi) is 6.43. The van der Waals surface area contributed by atoms with E-state index in [4.69, 9.17) is 0 Å². The Morgan fingerprint density at radius 2 is 1.44 bits per heavy atom. The van der Waals surface area contributed by atoms with E-state index in [2.05, 4.69) is 71.6 Å². The van der Waals surface area contributed by atoms with Gasteiger partial charge in [-0.2, -0.15) is 0 Å². The lowest BCUT2D eigenvalue weighted by molar-refractivity contribution is -0.142. The number of piperazine rings is 2. The summed E-state index contributed by atoms with van der Waals surface area (Å²) in [6.45, 7) is 18.4. The Morgan fingerprint density at radius 3 is 2.00 bits per heavy atom. The van der Waals surface area contributed by atoms with Crippen LogP contribution in [0.4, 0.5) is 5.69 Å². The summed E-state index contributed by atoms with van der Waals surface area (Å²) in [6, 6.07) is 8.70. The summed E-state index contributed by atoms with van der Waals surface area (Å²) < 4.78 is 0. The number of hydrogen-bond donors (Lipinski definition) is 0. The average Bonchev–Trinajstić information content (AvgIpc) is 2.68. The minimum atomic E-state index is -0.319. The van der Waals surface area contributed by atoms with Gasteiger partial charge in [-0.25, -0.2) is 0 Å². The monoisotopic (exact) mass is 372 g/mol. The molecule has 0 atom stereocenters. The molecule has 0 unspecified atom stereocenters. The van der Waals surface area contributed by atoms with Crippen molar-refractivity contribution in [2.24, 2.45) is 5.41 Å². The number of carbonyl (C=O) groups excluding carboxylic acids is 1. The SMILES string of the molecule is CCN1CCN(CC(C)(C)C(=O)N2CCN(c3ccc(C)cc3)CC2)CC1. The van der Waals surface area contributed by atoms with Crippen LogP contribution < -0.4 is 4.90 Å². The van der Waals surface area contributed by atoms with Gasteiger partial charge in [-0.15, -0.1) is 0 Å². The molecule has 2 heterocycles. The van der Waals surface area contributed by atoms with E-state index in [1.165, 1.54) is 11.3 Å². The zero-order valence-corrected chi connectivity index (χ0v) is 17.6. The first-order valence-corrected chi connectivity index (χ1v) is 10.4. The van der Waals surface area contributed by atoms with E-state index in [0.29, 0.717) is 5.91 Å². The summed E-state index contributed by atoms with van der Waals surface area (Å²) in [6.07, 6.45) is 0. The molecule has 3 rings (SSSR count). The first-order valence-electron chi connectivity index (χ1n) is 10.4. The van der Waals surface area contributed by atoms with Crippen LogP contribution in [-0.2, 0) is 4.79 Å². The first-order chi connectivity index (χ1) is 12.9. The lowest BCUT2D eigenvalue weighted by Gasteiger charge is -2.42. The zero-order chi connectivity index (χ0) is 19.4. The topological polar surface area (TPSA) is 30.0 Å². The molecular formula is C22H36N4O. The van der Waals surface area contributed by atoms with E-state index < -0.39 is 0 Å². The van der Waals surface area contributed by atoms with Gasteiger partial charge in [0.15, 0.2) is 0 Å². The summed E-state index contributed by atoms with van der Waals surface area (Å²) in [5.41, 5.74) is 2.23. The van der Waals surface area contributed by atoms with E-state index in [9.17, 15) is 4.79 Å². The molecule has 2 aliphatic heterocycles. The molecule has 27 heavy (non-hydrogen) atoms. The van der Waals surface area contributed by atoms with Crippen molar-refractivity contribution in [3.63, 3.8) is 0 Å². The van der Waals surface area contributed by atoms with Crippen LogP contribution in [0, 0.1) is 12.3 Å². The maximum absolute atomic E-state index is 13.2. The number of benzene rings is 1. The molecule has 2 saturated heterocycles. The molecule has 0 aliphatic carbocycles. The van der Waals surface area contributed by atoms with Gasteiger partial charge >= 0.3 is 0 Å². The maximum Gasteiger partial charge on any atom is 0.229 e. The number of hydrogen-bond acceptors (Lipinski definition) is 4. The van der Waals surface area contributed by atoms with Gasteiger partial charge in [-0.05, 0) is 39.4 Å². The maximum atomic E-state index is 13.2. The van der Waals surface area contributed by atoms with Crippen LogP contribution in [0.1, 0.15) is 26.3 Å². The summed E-state index contributed by atoms with van der Waals surface area (Å²) in [7, 11) is 0.